The number of nitrogens with one attached hydrogen (secondary N) is 2. The lowest BCUT2D eigenvalue weighted by molar-refractivity contribution is -0.141. The van der Waals surface area contributed by atoms with Gasteiger partial charge in [0, 0.05) is 30.8 Å². The summed E-state index contributed by atoms with van der Waals surface area (Å²) in [4.78, 5) is 55.0. The fraction of sp³-hybridized carbons (Fsp3) is 0.423. The van der Waals surface area contributed by atoms with Gasteiger partial charge >= 0.3 is 6.09 Å². The number of ether oxygens (including phenoxy) is 1. The van der Waals surface area contributed by atoms with Crippen molar-refractivity contribution < 1.29 is 23.9 Å². The maximum atomic E-state index is 13.1. The lowest BCUT2D eigenvalue weighted by Crippen LogP contribution is -2.46. The number of rotatable bonds is 7. The highest BCUT2D eigenvalue weighted by atomic mass is 16.5. The zero-order valence-electron chi connectivity index (χ0n) is 19.6. The predicted octanol–water partition coefficient (Wildman–Crippen LogP) is 3.13. The molecule has 0 bridgehead atoms. The number of fused-ring (bicyclic) bond motifs is 1. The molecule has 34 heavy (non-hydrogen) atoms. The minimum Gasteiger partial charge on any atom is -0.445 e. The summed E-state index contributed by atoms with van der Waals surface area (Å²) in [6, 6.07) is 12.1. The number of alkyl carbamates (subject to hydrolysis) is 1. The summed E-state index contributed by atoms with van der Waals surface area (Å²) in [5.74, 6) is -2.56. The standard InChI is InChI=1S/C26H31N3O5/c1-17(2)23(29-26(33)34-16-18-8-4-3-5-9-18)22(30)14-19-10-6-12-21-20(11-7-13-27-21)15-28-25(32)24(19)31/h3-5,7-9,11,13,17,19,23H,6,10,12,14-16H2,1-2H3,(H,28,32)(H,29,33). The number of hydrogen-bond donors (Lipinski definition) is 2. The van der Waals surface area contributed by atoms with E-state index in [1.165, 1.54) is 0 Å². The van der Waals surface area contributed by atoms with Crippen molar-refractivity contribution in [3.8, 4) is 0 Å². The molecule has 1 aromatic heterocycles. The summed E-state index contributed by atoms with van der Waals surface area (Å²) in [5, 5.41) is 5.28. The Morgan fingerprint density at radius 2 is 1.91 bits per heavy atom. The van der Waals surface area contributed by atoms with E-state index in [1.807, 2.05) is 50.2 Å². The number of ketones is 2. The Bertz CT molecular complexity index is 1020. The predicted molar refractivity (Wildman–Crippen MR) is 126 cm³/mol. The van der Waals surface area contributed by atoms with Crippen LogP contribution >= 0.6 is 0 Å². The van der Waals surface area contributed by atoms with Gasteiger partial charge in [0.1, 0.15) is 6.61 Å². The molecule has 2 N–H and O–H groups in total. The third-order valence-electron chi connectivity index (χ3n) is 5.93. The quantitative estimate of drug-likeness (QED) is 0.607. The fourth-order valence-corrected chi connectivity index (χ4v) is 4.03. The number of nitrogens with zero attached hydrogens (tertiary/aromatic N) is 1. The first kappa shape index (κ1) is 25.1. The highest BCUT2D eigenvalue weighted by Gasteiger charge is 2.32. The number of aryl methyl sites for hydroxylation is 1. The molecule has 2 aromatic rings. The summed E-state index contributed by atoms with van der Waals surface area (Å²) >= 11 is 0. The Hall–Kier alpha value is -3.55. The largest absolute Gasteiger partial charge is 0.445 e. The average Bonchev–Trinajstić information content (AvgIpc) is 2.84. The second-order valence-electron chi connectivity index (χ2n) is 8.84. The third-order valence-corrected chi connectivity index (χ3v) is 5.93. The minimum absolute atomic E-state index is 0.0858. The first-order chi connectivity index (χ1) is 16.3. The van der Waals surface area contributed by atoms with Crippen LogP contribution in [0.2, 0.25) is 0 Å². The van der Waals surface area contributed by atoms with E-state index < -0.39 is 29.7 Å². The Morgan fingerprint density at radius 3 is 2.65 bits per heavy atom. The number of amides is 2. The van der Waals surface area contributed by atoms with E-state index in [0.717, 1.165) is 16.8 Å². The molecule has 1 aliphatic heterocycles. The SMILES string of the molecule is CC(C)C(NC(=O)OCc1ccccc1)C(=O)CC1CCCc2ncccc2CNC(=O)C1=O. The lowest BCUT2D eigenvalue weighted by Gasteiger charge is -2.24. The van der Waals surface area contributed by atoms with Gasteiger partial charge in [-0.1, -0.05) is 50.2 Å². The maximum absolute atomic E-state index is 13.1. The Kier molecular flexibility index (Phi) is 8.90. The first-order valence-electron chi connectivity index (χ1n) is 11.6. The molecular weight excluding hydrogens is 434 g/mol. The number of benzene rings is 1. The molecule has 0 saturated heterocycles. The molecule has 0 fully saturated rings. The Morgan fingerprint density at radius 1 is 1.15 bits per heavy atom. The van der Waals surface area contributed by atoms with E-state index in [-0.39, 0.29) is 31.3 Å². The molecule has 0 aliphatic carbocycles. The van der Waals surface area contributed by atoms with Gasteiger partial charge in [-0.3, -0.25) is 19.4 Å². The third kappa shape index (κ3) is 6.97. The van der Waals surface area contributed by atoms with Crippen molar-refractivity contribution >= 4 is 23.6 Å². The molecule has 8 heteroatoms. The van der Waals surface area contributed by atoms with Gasteiger partial charge < -0.3 is 15.4 Å². The first-order valence-corrected chi connectivity index (χ1v) is 11.6. The van der Waals surface area contributed by atoms with Gasteiger partial charge in [0.15, 0.2) is 5.78 Å². The lowest BCUT2D eigenvalue weighted by atomic mass is 9.86. The van der Waals surface area contributed by atoms with Crippen LogP contribution < -0.4 is 10.6 Å². The molecule has 2 heterocycles. The average molecular weight is 466 g/mol. The van der Waals surface area contributed by atoms with Crippen molar-refractivity contribution in [1.29, 1.82) is 0 Å². The number of pyridine rings is 1. The van der Waals surface area contributed by atoms with Gasteiger partial charge in [0.05, 0.1) is 6.04 Å². The van der Waals surface area contributed by atoms with Crippen molar-refractivity contribution in [3.63, 3.8) is 0 Å². The zero-order chi connectivity index (χ0) is 24.5. The molecule has 2 amide bonds. The molecule has 1 aromatic carbocycles. The molecule has 8 nitrogen and oxygen atoms in total. The molecule has 0 spiro atoms. The van der Waals surface area contributed by atoms with Crippen molar-refractivity contribution in [2.75, 3.05) is 0 Å². The van der Waals surface area contributed by atoms with E-state index >= 15 is 0 Å². The maximum Gasteiger partial charge on any atom is 0.408 e. The normalized spacial score (nSPS) is 17.3. The second-order valence-corrected chi connectivity index (χ2v) is 8.84. The van der Waals surface area contributed by atoms with Gasteiger partial charge in [-0.2, -0.15) is 0 Å². The smallest absolute Gasteiger partial charge is 0.408 e. The van der Waals surface area contributed by atoms with Crippen LogP contribution in [-0.2, 0) is 38.7 Å². The minimum atomic E-state index is -0.822. The summed E-state index contributed by atoms with van der Waals surface area (Å²) in [5.41, 5.74) is 2.60. The summed E-state index contributed by atoms with van der Waals surface area (Å²) in [6.45, 7) is 3.93. The fourth-order valence-electron chi connectivity index (χ4n) is 4.03. The molecule has 1 aliphatic rings. The van der Waals surface area contributed by atoms with Gasteiger partial charge in [-0.05, 0) is 42.4 Å². The van der Waals surface area contributed by atoms with Crippen LogP contribution in [0.1, 0.15) is 49.9 Å². The van der Waals surface area contributed by atoms with Crippen LogP contribution in [0.15, 0.2) is 48.7 Å². The highest BCUT2D eigenvalue weighted by molar-refractivity contribution is 6.37. The molecule has 2 atom stereocenters. The van der Waals surface area contributed by atoms with Gasteiger partial charge in [0.2, 0.25) is 5.78 Å². The number of carbonyl (C=O) groups excluding carboxylic acids is 4. The van der Waals surface area contributed by atoms with Crippen LogP contribution in [0.25, 0.3) is 0 Å². The van der Waals surface area contributed by atoms with Crippen molar-refractivity contribution in [3.05, 3.63) is 65.5 Å². The molecule has 180 valence electrons. The number of hydrogen-bond acceptors (Lipinski definition) is 6. The Labute approximate surface area is 199 Å². The zero-order valence-corrected chi connectivity index (χ0v) is 19.6. The molecule has 0 saturated carbocycles. The summed E-state index contributed by atoms with van der Waals surface area (Å²) in [7, 11) is 0. The summed E-state index contributed by atoms with van der Waals surface area (Å²) < 4.78 is 5.25. The number of carbonyl (C=O) groups is 4. The van der Waals surface area contributed by atoms with Gasteiger partial charge in [0.25, 0.3) is 5.91 Å². The topological polar surface area (TPSA) is 114 Å². The van der Waals surface area contributed by atoms with Crippen LogP contribution in [-0.4, -0.2) is 34.6 Å². The number of Topliss-reactive ketones (excluding diaryl/α,β-unsaturated/α-hetero) is 2. The van der Waals surface area contributed by atoms with E-state index in [9.17, 15) is 19.2 Å². The second kappa shape index (κ2) is 12.1. The summed E-state index contributed by atoms with van der Waals surface area (Å²) in [6.07, 6.45) is 2.55. The van der Waals surface area contributed by atoms with Crippen molar-refractivity contribution in [1.82, 2.24) is 15.6 Å². The van der Waals surface area contributed by atoms with Crippen LogP contribution in [0.5, 0.6) is 0 Å². The van der Waals surface area contributed by atoms with Crippen LogP contribution in [0.3, 0.4) is 0 Å². The highest BCUT2D eigenvalue weighted by Crippen LogP contribution is 2.21. The van der Waals surface area contributed by atoms with Crippen LogP contribution in [0.4, 0.5) is 4.79 Å². The van der Waals surface area contributed by atoms with Crippen molar-refractivity contribution in [2.24, 2.45) is 11.8 Å². The molecular formula is C26H31N3O5. The van der Waals surface area contributed by atoms with Crippen molar-refractivity contribution in [2.45, 2.75) is 58.7 Å². The molecule has 2 unspecified atom stereocenters. The Balaban J connectivity index is 1.62. The van der Waals surface area contributed by atoms with E-state index in [2.05, 4.69) is 15.6 Å². The van der Waals surface area contributed by atoms with Crippen LogP contribution in [0, 0.1) is 11.8 Å². The van der Waals surface area contributed by atoms with E-state index in [4.69, 9.17) is 4.74 Å². The molecule has 0 radical (unpaired) electrons. The van der Waals surface area contributed by atoms with Gasteiger partial charge in [-0.15, -0.1) is 0 Å². The van der Waals surface area contributed by atoms with E-state index in [0.29, 0.717) is 19.3 Å². The monoisotopic (exact) mass is 465 g/mol. The van der Waals surface area contributed by atoms with Gasteiger partial charge in [-0.25, -0.2) is 4.79 Å². The van der Waals surface area contributed by atoms with E-state index in [1.54, 1.807) is 12.3 Å². The molecule has 3 rings (SSSR count). The number of aromatic nitrogens is 1.